The predicted molar refractivity (Wildman–Crippen MR) is 117 cm³/mol. The van der Waals surface area contributed by atoms with Gasteiger partial charge in [-0.15, -0.1) is 0 Å². The Morgan fingerprint density at radius 2 is 1.63 bits per heavy atom. The van der Waals surface area contributed by atoms with Crippen molar-refractivity contribution < 1.29 is 22.8 Å². The topological polar surface area (TPSA) is 82.8 Å². The first kappa shape index (κ1) is 22.4. The fourth-order valence-corrected chi connectivity index (χ4v) is 4.10. The fourth-order valence-electron chi connectivity index (χ4n) is 2.87. The van der Waals surface area contributed by atoms with Gasteiger partial charge in [-0.3, -0.25) is 4.57 Å². The molecule has 160 valence electrons. The highest BCUT2D eigenvalue weighted by atomic mass is 35.5. The van der Waals surface area contributed by atoms with E-state index in [1.54, 1.807) is 19.2 Å². The molecule has 0 saturated heterocycles. The SMILES string of the molecule is COc1ccc(CCNc2oc(Cc3ccc(Cl)cc3)nc2P(=O)(OC)OC)cc1. The van der Waals surface area contributed by atoms with E-state index in [1.807, 2.05) is 36.4 Å². The Balaban J connectivity index is 1.77. The minimum Gasteiger partial charge on any atom is -0.497 e. The standard InChI is InChI=1S/C21H24ClN2O5P/c1-26-18-10-6-15(7-11-18)12-13-23-20-21(30(25,27-2)28-3)24-19(29-20)14-16-4-8-17(22)9-5-16/h4-11,23H,12-14H2,1-3H3. The van der Waals surface area contributed by atoms with Gasteiger partial charge in [0.25, 0.3) is 0 Å². The monoisotopic (exact) mass is 450 g/mol. The third kappa shape index (κ3) is 5.43. The van der Waals surface area contributed by atoms with Gasteiger partial charge in [-0.1, -0.05) is 35.9 Å². The summed E-state index contributed by atoms with van der Waals surface area (Å²) in [7, 11) is 0.679. The number of oxazole rings is 1. The largest absolute Gasteiger partial charge is 0.497 e. The second kappa shape index (κ2) is 10.1. The molecular weight excluding hydrogens is 427 g/mol. The number of anilines is 1. The summed E-state index contributed by atoms with van der Waals surface area (Å²) in [5, 5.41) is 3.82. The summed E-state index contributed by atoms with van der Waals surface area (Å²) in [5.74, 6) is 1.48. The van der Waals surface area contributed by atoms with Crippen LogP contribution in [0.3, 0.4) is 0 Å². The number of methoxy groups -OCH3 is 1. The number of benzene rings is 2. The molecule has 0 amide bonds. The quantitative estimate of drug-likeness (QED) is 0.448. The van der Waals surface area contributed by atoms with E-state index in [1.165, 1.54) is 14.2 Å². The van der Waals surface area contributed by atoms with Crippen LogP contribution in [0, 0.1) is 0 Å². The Labute approximate surface area is 180 Å². The molecule has 1 aromatic heterocycles. The van der Waals surface area contributed by atoms with Crippen LogP contribution >= 0.6 is 19.2 Å². The van der Waals surface area contributed by atoms with E-state index in [-0.39, 0.29) is 11.3 Å². The lowest BCUT2D eigenvalue weighted by Gasteiger charge is -2.12. The Morgan fingerprint density at radius 1 is 1.00 bits per heavy atom. The summed E-state index contributed by atoms with van der Waals surface area (Å²) in [6.45, 7) is 0.544. The number of hydrogen-bond acceptors (Lipinski definition) is 7. The Hall–Kier alpha value is -2.31. The highest BCUT2D eigenvalue weighted by Crippen LogP contribution is 2.47. The van der Waals surface area contributed by atoms with Gasteiger partial charge in [-0.05, 0) is 41.8 Å². The van der Waals surface area contributed by atoms with Gasteiger partial charge in [-0.2, -0.15) is 0 Å². The smallest absolute Gasteiger partial charge is 0.384 e. The lowest BCUT2D eigenvalue weighted by Crippen LogP contribution is -2.16. The van der Waals surface area contributed by atoms with Crippen molar-refractivity contribution in [1.82, 2.24) is 4.98 Å². The maximum atomic E-state index is 12.9. The van der Waals surface area contributed by atoms with Crippen molar-refractivity contribution in [3.05, 3.63) is 70.6 Å². The molecule has 0 aliphatic rings. The molecule has 0 radical (unpaired) electrons. The second-order valence-corrected chi connectivity index (χ2v) is 9.04. The molecule has 9 heteroatoms. The molecule has 1 N–H and O–H groups in total. The number of rotatable bonds is 10. The lowest BCUT2D eigenvalue weighted by molar-refractivity contribution is 0.286. The van der Waals surface area contributed by atoms with Crippen LogP contribution in [0.4, 0.5) is 5.88 Å². The Morgan fingerprint density at radius 3 is 2.23 bits per heavy atom. The maximum absolute atomic E-state index is 12.9. The molecule has 0 bridgehead atoms. The van der Waals surface area contributed by atoms with E-state index in [9.17, 15) is 4.57 Å². The predicted octanol–water partition coefficient (Wildman–Crippen LogP) is 4.69. The molecule has 0 unspecified atom stereocenters. The molecule has 2 aromatic carbocycles. The molecule has 0 spiro atoms. The lowest BCUT2D eigenvalue weighted by atomic mass is 10.1. The van der Waals surface area contributed by atoms with Gasteiger partial charge in [-0.25, -0.2) is 4.98 Å². The van der Waals surface area contributed by atoms with Crippen LogP contribution in [-0.4, -0.2) is 32.9 Å². The number of nitrogens with zero attached hydrogens (tertiary/aromatic N) is 1. The van der Waals surface area contributed by atoms with Gasteiger partial charge >= 0.3 is 7.60 Å². The first-order valence-electron chi connectivity index (χ1n) is 9.30. The molecule has 30 heavy (non-hydrogen) atoms. The number of aromatic nitrogens is 1. The van der Waals surface area contributed by atoms with Crippen LogP contribution in [0.25, 0.3) is 0 Å². The van der Waals surface area contributed by atoms with Crippen molar-refractivity contribution in [3.8, 4) is 5.75 Å². The van der Waals surface area contributed by atoms with E-state index < -0.39 is 7.60 Å². The molecule has 3 rings (SSSR count). The fraction of sp³-hybridized carbons (Fsp3) is 0.286. The Bertz CT molecular complexity index is 997. The second-order valence-electron chi connectivity index (χ2n) is 6.45. The molecule has 3 aromatic rings. The summed E-state index contributed by atoms with van der Waals surface area (Å²) in [6, 6.07) is 15.2. The zero-order valence-corrected chi connectivity index (χ0v) is 18.7. The van der Waals surface area contributed by atoms with Gasteiger partial charge in [0.05, 0.1) is 7.11 Å². The van der Waals surface area contributed by atoms with E-state index in [0.717, 1.165) is 23.3 Å². The van der Waals surface area contributed by atoms with E-state index in [2.05, 4.69) is 10.3 Å². The van der Waals surface area contributed by atoms with Crippen molar-refractivity contribution in [2.45, 2.75) is 12.8 Å². The van der Waals surface area contributed by atoms with Gasteiger partial charge in [0, 0.05) is 32.2 Å². The third-order valence-electron chi connectivity index (χ3n) is 4.52. The average Bonchev–Trinajstić information content (AvgIpc) is 3.18. The number of nitrogens with one attached hydrogen (secondary N) is 1. The van der Waals surface area contributed by atoms with Gasteiger partial charge in [0.2, 0.25) is 17.2 Å². The van der Waals surface area contributed by atoms with E-state index >= 15 is 0 Å². The zero-order valence-electron chi connectivity index (χ0n) is 17.1. The number of hydrogen-bond donors (Lipinski definition) is 1. The number of halogens is 1. The van der Waals surface area contributed by atoms with Gasteiger partial charge in [0.15, 0.2) is 0 Å². The van der Waals surface area contributed by atoms with Crippen molar-refractivity contribution in [3.63, 3.8) is 0 Å². The van der Waals surface area contributed by atoms with Crippen LogP contribution in [-0.2, 0) is 26.5 Å². The molecule has 0 aliphatic carbocycles. The highest BCUT2D eigenvalue weighted by Gasteiger charge is 2.34. The van der Waals surface area contributed by atoms with Gasteiger partial charge in [0.1, 0.15) is 5.75 Å². The van der Waals surface area contributed by atoms with Crippen LogP contribution in [0.15, 0.2) is 52.9 Å². The third-order valence-corrected chi connectivity index (χ3v) is 6.56. The highest BCUT2D eigenvalue weighted by molar-refractivity contribution is 7.62. The zero-order chi connectivity index (χ0) is 21.6. The molecule has 0 atom stereocenters. The van der Waals surface area contributed by atoms with Gasteiger partial charge < -0.3 is 23.5 Å². The van der Waals surface area contributed by atoms with Crippen LogP contribution < -0.4 is 15.5 Å². The van der Waals surface area contributed by atoms with Crippen LogP contribution in [0.5, 0.6) is 5.75 Å². The van der Waals surface area contributed by atoms with Crippen molar-refractivity contribution >= 4 is 30.5 Å². The summed E-state index contributed by atoms with van der Waals surface area (Å²) in [5.41, 5.74) is 2.21. The summed E-state index contributed by atoms with van der Waals surface area (Å²) < 4.78 is 34.2. The van der Waals surface area contributed by atoms with Crippen LogP contribution in [0.1, 0.15) is 17.0 Å². The molecule has 7 nitrogen and oxygen atoms in total. The Kier molecular flexibility index (Phi) is 7.56. The van der Waals surface area contributed by atoms with E-state index in [4.69, 9.17) is 29.8 Å². The van der Waals surface area contributed by atoms with Crippen molar-refractivity contribution in [2.75, 3.05) is 33.2 Å². The minimum absolute atomic E-state index is 0.131. The molecule has 0 aliphatic heterocycles. The first-order valence-corrected chi connectivity index (χ1v) is 11.2. The molecule has 0 saturated carbocycles. The van der Waals surface area contributed by atoms with Crippen molar-refractivity contribution in [2.24, 2.45) is 0 Å². The van der Waals surface area contributed by atoms with Crippen LogP contribution in [0.2, 0.25) is 5.02 Å². The maximum Gasteiger partial charge on any atom is 0.384 e. The molecular formula is C21H24ClN2O5P. The molecule has 1 heterocycles. The minimum atomic E-state index is -3.59. The normalized spacial score (nSPS) is 11.5. The molecule has 0 fully saturated rings. The summed E-state index contributed by atoms with van der Waals surface area (Å²) in [4.78, 5) is 4.40. The number of ether oxygens (including phenoxy) is 1. The van der Waals surface area contributed by atoms with Crippen molar-refractivity contribution in [1.29, 1.82) is 0 Å². The first-order chi connectivity index (χ1) is 14.5. The summed E-state index contributed by atoms with van der Waals surface area (Å²) in [6.07, 6.45) is 1.14. The summed E-state index contributed by atoms with van der Waals surface area (Å²) >= 11 is 5.94. The van der Waals surface area contributed by atoms with E-state index in [0.29, 0.717) is 23.9 Å². The average molecular weight is 451 g/mol.